The molecule has 1 rings (SSSR count). The summed E-state index contributed by atoms with van der Waals surface area (Å²) in [7, 11) is 0. The second-order valence-electron chi connectivity index (χ2n) is 4.71. The normalized spacial score (nSPS) is 31.0. The van der Waals surface area contributed by atoms with E-state index in [2.05, 4.69) is 55.8 Å². The van der Waals surface area contributed by atoms with Gasteiger partial charge in [-0.3, -0.25) is 0 Å². The Morgan fingerprint density at radius 3 is 2.24 bits per heavy atom. The van der Waals surface area contributed by atoms with Crippen molar-refractivity contribution in [1.29, 1.82) is 0 Å². The summed E-state index contributed by atoms with van der Waals surface area (Å²) in [4.78, 5) is 0. The van der Waals surface area contributed by atoms with E-state index in [-0.39, 0.29) is 18.5 Å². The van der Waals surface area contributed by atoms with Gasteiger partial charge < -0.3 is 9.47 Å². The van der Waals surface area contributed by atoms with Crippen LogP contribution in [0.5, 0.6) is 0 Å². The number of ether oxygens (including phenoxy) is 2. The van der Waals surface area contributed by atoms with Crippen LogP contribution in [0.1, 0.15) is 40.5 Å². The third-order valence-corrected chi connectivity index (χ3v) is 3.46. The van der Waals surface area contributed by atoms with Crippen molar-refractivity contribution in [3.8, 4) is 0 Å². The Labute approximate surface area is 113 Å². The minimum absolute atomic E-state index is 0.138. The lowest BCUT2D eigenvalue weighted by atomic mass is 10.1. The highest BCUT2D eigenvalue weighted by Crippen LogP contribution is 2.24. The van der Waals surface area contributed by atoms with Gasteiger partial charge in [0, 0.05) is 5.33 Å². The van der Waals surface area contributed by atoms with Crippen LogP contribution in [0, 0.1) is 0 Å². The largest absolute Gasteiger partial charge is 0.343 e. The molecule has 0 aromatic rings. The van der Waals surface area contributed by atoms with E-state index in [0.29, 0.717) is 0 Å². The number of rotatable bonds is 5. The maximum absolute atomic E-state index is 5.73. The van der Waals surface area contributed by atoms with E-state index in [1.807, 2.05) is 0 Å². The molecule has 0 amide bonds. The van der Waals surface area contributed by atoms with Crippen LogP contribution in [0.4, 0.5) is 0 Å². The Hall–Kier alpha value is -0.120. The summed E-state index contributed by atoms with van der Waals surface area (Å²) in [5.74, 6) is 0. The first-order valence-electron chi connectivity index (χ1n) is 6.23. The molecule has 0 aromatic carbocycles. The van der Waals surface area contributed by atoms with Gasteiger partial charge in [0.25, 0.3) is 0 Å². The Morgan fingerprint density at radius 2 is 1.71 bits per heavy atom. The van der Waals surface area contributed by atoms with E-state index in [0.717, 1.165) is 18.2 Å². The molecule has 0 bridgehead atoms. The summed E-state index contributed by atoms with van der Waals surface area (Å²) in [6.07, 6.45) is 6.82. The van der Waals surface area contributed by atoms with Gasteiger partial charge in [-0.25, -0.2) is 0 Å². The molecule has 0 aliphatic carbocycles. The molecular formula is C14H23BrO2. The quantitative estimate of drug-likeness (QED) is 0.559. The average molecular weight is 303 g/mol. The van der Waals surface area contributed by atoms with Gasteiger partial charge in [-0.15, -0.1) is 0 Å². The highest BCUT2D eigenvalue weighted by atomic mass is 79.9. The van der Waals surface area contributed by atoms with Crippen LogP contribution >= 0.6 is 15.9 Å². The second-order valence-corrected chi connectivity index (χ2v) is 5.35. The number of hydrogen-bond acceptors (Lipinski definition) is 2. The average Bonchev–Trinajstić information content (AvgIpc) is 2.59. The molecule has 1 heterocycles. The van der Waals surface area contributed by atoms with Gasteiger partial charge in [0.2, 0.25) is 0 Å². The van der Waals surface area contributed by atoms with Crippen LogP contribution in [0.3, 0.4) is 0 Å². The molecule has 2 unspecified atom stereocenters. The van der Waals surface area contributed by atoms with Crippen LogP contribution in [0.15, 0.2) is 23.3 Å². The molecular weight excluding hydrogens is 280 g/mol. The van der Waals surface area contributed by atoms with Gasteiger partial charge in [0.15, 0.2) is 6.29 Å². The van der Waals surface area contributed by atoms with Crippen molar-refractivity contribution in [1.82, 2.24) is 0 Å². The fraction of sp³-hybridized carbons (Fsp3) is 0.714. The zero-order chi connectivity index (χ0) is 12.8. The molecule has 3 heteroatoms. The van der Waals surface area contributed by atoms with Crippen molar-refractivity contribution in [2.45, 2.75) is 59.0 Å². The third kappa shape index (κ3) is 4.94. The minimum Gasteiger partial charge on any atom is -0.343 e. The molecule has 0 N–H and O–H groups in total. The van der Waals surface area contributed by atoms with Gasteiger partial charge in [-0.05, 0) is 46.1 Å². The Balaban J connectivity index is 2.37. The number of halogens is 1. The first-order chi connectivity index (χ1) is 8.04. The van der Waals surface area contributed by atoms with Crippen molar-refractivity contribution in [3.63, 3.8) is 0 Å². The van der Waals surface area contributed by atoms with E-state index in [4.69, 9.17) is 9.47 Å². The minimum atomic E-state index is -0.138. The Kier molecular flexibility index (Phi) is 6.45. The Morgan fingerprint density at radius 1 is 1.12 bits per heavy atom. The summed E-state index contributed by atoms with van der Waals surface area (Å²) < 4.78 is 11.5. The van der Waals surface area contributed by atoms with E-state index in [1.54, 1.807) is 0 Å². The van der Waals surface area contributed by atoms with Crippen molar-refractivity contribution in [2.75, 3.05) is 5.33 Å². The molecule has 2 atom stereocenters. The zero-order valence-electron chi connectivity index (χ0n) is 11.2. The molecule has 2 nitrogen and oxygen atoms in total. The van der Waals surface area contributed by atoms with Crippen LogP contribution in [-0.2, 0) is 9.47 Å². The Bertz CT molecular complexity index is 287. The smallest absolute Gasteiger partial charge is 0.180 e. The molecule has 1 aliphatic rings. The molecule has 1 saturated heterocycles. The van der Waals surface area contributed by atoms with E-state index in [1.165, 1.54) is 11.1 Å². The molecule has 17 heavy (non-hydrogen) atoms. The first kappa shape index (κ1) is 14.9. The highest BCUT2D eigenvalue weighted by molar-refractivity contribution is 9.09. The van der Waals surface area contributed by atoms with Gasteiger partial charge in [0.05, 0.1) is 12.2 Å². The molecule has 0 aromatic heterocycles. The third-order valence-electron chi connectivity index (χ3n) is 3.14. The fourth-order valence-corrected chi connectivity index (χ4v) is 2.27. The van der Waals surface area contributed by atoms with Gasteiger partial charge in [0.1, 0.15) is 0 Å². The lowest BCUT2D eigenvalue weighted by molar-refractivity contribution is -0.0334. The topological polar surface area (TPSA) is 18.5 Å². The van der Waals surface area contributed by atoms with Crippen LogP contribution in [0.2, 0.25) is 0 Å². The number of alkyl halides is 1. The summed E-state index contributed by atoms with van der Waals surface area (Å²) >= 11 is 3.41. The lowest BCUT2D eigenvalue weighted by Crippen LogP contribution is -2.13. The van der Waals surface area contributed by atoms with Gasteiger partial charge >= 0.3 is 0 Å². The molecule has 0 saturated carbocycles. The monoisotopic (exact) mass is 302 g/mol. The van der Waals surface area contributed by atoms with E-state index >= 15 is 0 Å². The van der Waals surface area contributed by atoms with Crippen molar-refractivity contribution in [2.24, 2.45) is 0 Å². The fourth-order valence-electron chi connectivity index (χ4n) is 1.72. The number of allylic oxidation sites excluding steroid dienone is 3. The van der Waals surface area contributed by atoms with Crippen LogP contribution in [0.25, 0.3) is 0 Å². The summed E-state index contributed by atoms with van der Waals surface area (Å²) in [6.45, 7) is 8.36. The van der Waals surface area contributed by atoms with Gasteiger partial charge in [-0.1, -0.05) is 33.7 Å². The maximum atomic E-state index is 5.73. The maximum Gasteiger partial charge on any atom is 0.180 e. The molecule has 1 aliphatic heterocycles. The van der Waals surface area contributed by atoms with Crippen molar-refractivity contribution >= 4 is 15.9 Å². The predicted molar refractivity (Wildman–Crippen MR) is 75.4 cm³/mol. The second kappa shape index (κ2) is 7.34. The van der Waals surface area contributed by atoms with E-state index in [9.17, 15) is 0 Å². The molecule has 98 valence electrons. The summed E-state index contributed by atoms with van der Waals surface area (Å²) in [6, 6.07) is 0. The summed E-state index contributed by atoms with van der Waals surface area (Å²) in [5.41, 5.74) is 2.61. The number of hydrogen-bond donors (Lipinski definition) is 0. The van der Waals surface area contributed by atoms with Gasteiger partial charge in [-0.2, -0.15) is 0 Å². The van der Waals surface area contributed by atoms with Crippen LogP contribution in [-0.4, -0.2) is 23.8 Å². The SMILES string of the molecule is CC(=CCBr)CCC=C(C)C1OC(C)C(C)O1. The first-order valence-corrected chi connectivity index (χ1v) is 7.36. The standard InChI is InChI=1S/C14H23BrO2/c1-10(8-9-15)6-5-7-11(2)14-16-12(3)13(4)17-14/h7-8,12-14H,5-6,9H2,1-4H3. The highest BCUT2D eigenvalue weighted by Gasteiger charge is 2.30. The lowest BCUT2D eigenvalue weighted by Gasteiger charge is -2.10. The predicted octanol–water partition coefficient (Wildman–Crippen LogP) is 4.20. The van der Waals surface area contributed by atoms with E-state index < -0.39 is 0 Å². The van der Waals surface area contributed by atoms with Crippen LogP contribution < -0.4 is 0 Å². The van der Waals surface area contributed by atoms with Crippen molar-refractivity contribution in [3.05, 3.63) is 23.3 Å². The molecule has 0 spiro atoms. The molecule has 1 fully saturated rings. The molecule has 0 radical (unpaired) electrons. The zero-order valence-corrected chi connectivity index (χ0v) is 12.8. The van der Waals surface area contributed by atoms with Crippen molar-refractivity contribution < 1.29 is 9.47 Å². The summed E-state index contributed by atoms with van der Waals surface area (Å²) in [5, 5.41) is 0.936.